The van der Waals surface area contributed by atoms with E-state index in [2.05, 4.69) is 5.32 Å². The average Bonchev–Trinajstić information content (AvgIpc) is 2.92. The maximum absolute atomic E-state index is 12.7. The quantitative estimate of drug-likeness (QED) is 0.896. The summed E-state index contributed by atoms with van der Waals surface area (Å²) in [4.78, 5) is 0.158. The topological polar surface area (TPSA) is 73.2 Å². The highest BCUT2D eigenvalue weighted by molar-refractivity contribution is 7.89. The van der Waals surface area contributed by atoms with Gasteiger partial charge < -0.3 is 5.32 Å². The van der Waals surface area contributed by atoms with Gasteiger partial charge in [-0.1, -0.05) is 11.6 Å². The number of rotatable bonds is 2. The van der Waals surface area contributed by atoms with Crippen molar-refractivity contribution in [3.05, 3.63) is 28.8 Å². The number of nitrogens with zero attached hydrogens (tertiary/aromatic N) is 2. The van der Waals surface area contributed by atoms with Crippen LogP contribution in [-0.2, 0) is 10.0 Å². The van der Waals surface area contributed by atoms with Gasteiger partial charge in [0.25, 0.3) is 0 Å². The Morgan fingerprint density at radius 1 is 1.38 bits per heavy atom. The van der Waals surface area contributed by atoms with E-state index in [1.165, 1.54) is 22.5 Å². The van der Waals surface area contributed by atoms with Crippen LogP contribution in [0.4, 0.5) is 0 Å². The molecule has 3 rings (SSSR count). The van der Waals surface area contributed by atoms with Crippen LogP contribution in [0.1, 0.15) is 18.4 Å². The van der Waals surface area contributed by atoms with Gasteiger partial charge in [-0.15, -0.1) is 0 Å². The van der Waals surface area contributed by atoms with Gasteiger partial charge in [-0.25, -0.2) is 8.42 Å². The highest BCUT2D eigenvalue weighted by Crippen LogP contribution is 2.30. The fourth-order valence-corrected chi connectivity index (χ4v) is 4.94. The molecular formula is C14H16ClN3O2S. The van der Waals surface area contributed by atoms with Crippen LogP contribution in [0.5, 0.6) is 0 Å². The monoisotopic (exact) mass is 325 g/mol. The highest BCUT2D eigenvalue weighted by atomic mass is 35.5. The predicted molar refractivity (Wildman–Crippen MR) is 79.4 cm³/mol. The van der Waals surface area contributed by atoms with E-state index in [-0.39, 0.29) is 21.5 Å². The van der Waals surface area contributed by atoms with Crippen LogP contribution in [0.3, 0.4) is 0 Å². The molecule has 0 spiro atoms. The van der Waals surface area contributed by atoms with Crippen LogP contribution in [0.25, 0.3) is 0 Å². The largest absolute Gasteiger partial charge is 0.312 e. The van der Waals surface area contributed by atoms with E-state index in [9.17, 15) is 8.42 Å². The summed E-state index contributed by atoms with van der Waals surface area (Å²) in [5.74, 6) is 0.391. The van der Waals surface area contributed by atoms with Crippen LogP contribution in [0.15, 0.2) is 23.1 Å². The molecule has 2 fully saturated rings. The van der Waals surface area contributed by atoms with Crippen molar-refractivity contribution in [2.24, 2.45) is 5.92 Å². The lowest BCUT2D eigenvalue weighted by Gasteiger charge is -2.24. The first kappa shape index (κ1) is 14.8. The van der Waals surface area contributed by atoms with Crippen LogP contribution < -0.4 is 5.32 Å². The second kappa shape index (κ2) is 5.58. The summed E-state index contributed by atoms with van der Waals surface area (Å²) < 4.78 is 26.9. The van der Waals surface area contributed by atoms with Gasteiger partial charge in [0.1, 0.15) is 6.07 Å². The second-order valence-electron chi connectivity index (χ2n) is 5.54. The van der Waals surface area contributed by atoms with Crippen molar-refractivity contribution in [2.45, 2.75) is 23.8 Å². The lowest BCUT2D eigenvalue weighted by Crippen LogP contribution is -2.41. The smallest absolute Gasteiger partial charge is 0.243 e. The molecule has 1 aromatic carbocycles. The number of piperidine rings is 1. The second-order valence-corrected chi connectivity index (χ2v) is 7.88. The number of nitrogens with one attached hydrogen (secondary N) is 1. The third-order valence-corrected chi connectivity index (χ3v) is 6.40. The number of hydrogen-bond acceptors (Lipinski definition) is 4. The zero-order valence-corrected chi connectivity index (χ0v) is 13.0. The Hall–Kier alpha value is -1.13. The normalized spacial score (nSPS) is 26.3. The first-order valence-electron chi connectivity index (χ1n) is 6.95. The molecule has 1 N–H and O–H groups in total. The van der Waals surface area contributed by atoms with Gasteiger partial charge in [0, 0.05) is 19.1 Å². The van der Waals surface area contributed by atoms with Crippen molar-refractivity contribution < 1.29 is 8.42 Å². The third-order valence-electron chi connectivity index (χ3n) is 4.26. The lowest BCUT2D eigenvalue weighted by atomic mass is 9.94. The first-order valence-corrected chi connectivity index (χ1v) is 8.77. The predicted octanol–water partition coefficient (Wildman–Crippen LogP) is 1.58. The third kappa shape index (κ3) is 2.67. The molecule has 2 atom stereocenters. The standard InChI is InChI=1S/C14H16ClN3O2S/c15-13-6-12(4-3-10(13)7-16)21(19,20)18-8-11-2-1-5-17-14(11)9-18/h3-4,6,11,14,17H,1-2,5,8-9H2/t11-,14+/m0/s1. The molecule has 112 valence electrons. The Morgan fingerprint density at radius 3 is 2.86 bits per heavy atom. The Labute approximate surface area is 129 Å². The number of hydrogen-bond donors (Lipinski definition) is 1. The van der Waals surface area contributed by atoms with Gasteiger partial charge in [-0.05, 0) is 43.5 Å². The Bertz CT molecular complexity index is 685. The molecule has 0 bridgehead atoms. The lowest BCUT2D eigenvalue weighted by molar-refractivity contribution is 0.339. The summed E-state index contributed by atoms with van der Waals surface area (Å²) in [6.07, 6.45) is 2.16. The van der Waals surface area contributed by atoms with Crippen LogP contribution in [-0.4, -0.2) is 38.4 Å². The first-order chi connectivity index (χ1) is 10.0. The minimum Gasteiger partial charge on any atom is -0.312 e. The van der Waals surface area contributed by atoms with Crippen molar-refractivity contribution >= 4 is 21.6 Å². The molecule has 0 unspecified atom stereocenters. The Morgan fingerprint density at radius 2 is 2.19 bits per heavy atom. The SMILES string of the molecule is N#Cc1ccc(S(=O)(=O)N2C[C@@H]3CCCN[C@@H]3C2)cc1Cl. The van der Waals surface area contributed by atoms with Crippen molar-refractivity contribution in [1.82, 2.24) is 9.62 Å². The maximum atomic E-state index is 12.7. The number of halogens is 1. The zero-order chi connectivity index (χ0) is 15.0. The fourth-order valence-electron chi connectivity index (χ4n) is 3.10. The summed E-state index contributed by atoms with van der Waals surface area (Å²) in [6, 6.07) is 6.46. The summed E-state index contributed by atoms with van der Waals surface area (Å²) in [5, 5.41) is 12.4. The summed E-state index contributed by atoms with van der Waals surface area (Å²) in [5.41, 5.74) is 0.285. The summed E-state index contributed by atoms with van der Waals surface area (Å²) in [7, 11) is -3.54. The number of sulfonamides is 1. The van der Waals surface area contributed by atoms with Gasteiger partial charge in [-0.3, -0.25) is 0 Å². The van der Waals surface area contributed by atoms with Crippen LogP contribution >= 0.6 is 11.6 Å². The minimum absolute atomic E-state index is 0.158. The number of fused-ring (bicyclic) bond motifs is 1. The van der Waals surface area contributed by atoms with E-state index in [4.69, 9.17) is 16.9 Å². The van der Waals surface area contributed by atoms with Crippen LogP contribution in [0, 0.1) is 17.2 Å². The van der Waals surface area contributed by atoms with Crippen molar-refractivity contribution in [1.29, 1.82) is 5.26 Å². The van der Waals surface area contributed by atoms with E-state index in [1.54, 1.807) is 0 Å². The van der Waals surface area contributed by atoms with Crippen molar-refractivity contribution in [3.8, 4) is 6.07 Å². The highest BCUT2D eigenvalue weighted by Gasteiger charge is 2.40. The summed E-state index contributed by atoms with van der Waals surface area (Å²) >= 11 is 5.95. The molecule has 0 radical (unpaired) electrons. The van der Waals surface area contributed by atoms with Gasteiger partial charge in [-0.2, -0.15) is 9.57 Å². The maximum Gasteiger partial charge on any atom is 0.243 e. The molecule has 2 heterocycles. The molecule has 0 amide bonds. The Balaban J connectivity index is 1.87. The van der Waals surface area contributed by atoms with Gasteiger partial charge >= 0.3 is 0 Å². The molecule has 2 saturated heterocycles. The van der Waals surface area contributed by atoms with Gasteiger partial charge in [0.2, 0.25) is 10.0 Å². The minimum atomic E-state index is -3.54. The molecular weight excluding hydrogens is 310 g/mol. The van der Waals surface area contributed by atoms with E-state index in [0.717, 1.165) is 19.4 Å². The number of nitriles is 1. The molecule has 0 aliphatic carbocycles. The summed E-state index contributed by atoms with van der Waals surface area (Å²) in [6.45, 7) is 2.01. The van der Waals surface area contributed by atoms with E-state index >= 15 is 0 Å². The molecule has 5 nitrogen and oxygen atoms in total. The average molecular weight is 326 g/mol. The van der Waals surface area contributed by atoms with E-state index in [1.807, 2.05) is 6.07 Å². The van der Waals surface area contributed by atoms with E-state index < -0.39 is 10.0 Å². The van der Waals surface area contributed by atoms with Crippen molar-refractivity contribution in [3.63, 3.8) is 0 Å². The molecule has 1 aromatic rings. The molecule has 0 saturated carbocycles. The fraction of sp³-hybridized carbons (Fsp3) is 0.500. The van der Waals surface area contributed by atoms with Crippen LogP contribution in [0.2, 0.25) is 5.02 Å². The van der Waals surface area contributed by atoms with E-state index in [0.29, 0.717) is 19.0 Å². The Kier molecular flexibility index (Phi) is 3.93. The molecule has 7 heteroatoms. The zero-order valence-electron chi connectivity index (χ0n) is 11.4. The molecule has 0 aromatic heterocycles. The van der Waals surface area contributed by atoms with Crippen molar-refractivity contribution in [2.75, 3.05) is 19.6 Å². The molecule has 2 aliphatic rings. The molecule has 21 heavy (non-hydrogen) atoms. The van der Waals surface area contributed by atoms with Gasteiger partial charge in [0.05, 0.1) is 15.5 Å². The van der Waals surface area contributed by atoms with Gasteiger partial charge in [0.15, 0.2) is 0 Å². The molecule has 2 aliphatic heterocycles. The number of benzene rings is 1.